The van der Waals surface area contributed by atoms with Gasteiger partial charge >= 0.3 is 0 Å². The first-order valence-corrected chi connectivity index (χ1v) is 8.71. The molecular formula is C16H23ClIN3O. The predicted octanol–water partition coefficient (Wildman–Crippen LogP) is 2.64. The van der Waals surface area contributed by atoms with Crippen LogP contribution in [0.15, 0.2) is 18.2 Å². The third-order valence-electron chi connectivity index (χ3n) is 4.57. The number of nitrogens with zero attached hydrogens (tertiary/aromatic N) is 1. The Kier molecular flexibility index (Phi) is 6.49. The van der Waals surface area contributed by atoms with Gasteiger partial charge < -0.3 is 10.6 Å². The van der Waals surface area contributed by atoms with Crippen molar-refractivity contribution in [2.75, 3.05) is 31.5 Å². The quantitative estimate of drug-likeness (QED) is 0.718. The minimum atomic E-state index is 0. The smallest absolute Gasteiger partial charge is 0.238 e. The number of likely N-dealkylation sites (tertiary alicyclic amines) is 1. The van der Waals surface area contributed by atoms with E-state index in [0.717, 1.165) is 36.8 Å². The molecule has 3 rings (SSSR count). The third kappa shape index (κ3) is 4.34. The first-order chi connectivity index (χ1) is 10.1. The number of anilines is 1. The van der Waals surface area contributed by atoms with Crippen LogP contribution in [-0.2, 0) is 4.79 Å². The van der Waals surface area contributed by atoms with Gasteiger partial charge in [0.15, 0.2) is 0 Å². The Morgan fingerprint density at radius 3 is 3.05 bits per heavy atom. The zero-order valence-electron chi connectivity index (χ0n) is 12.8. The number of benzene rings is 1. The lowest BCUT2D eigenvalue weighted by Crippen LogP contribution is -2.46. The maximum atomic E-state index is 12.2. The van der Waals surface area contributed by atoms with Crippen molar-refractivity contribution in [2.24, 2.45) is 5.92 Å². The van der Waals surface area contributed by atoms with E-state index >= 15 is 0 Å². The van der Waals surface area contributed by atoms with Crippen molar-refractivity contribution in [3.63, 3.8) is 0 Å². The average molecular weight is 436 g/mol. The molecule has 122 valence electrons. The van der Waals surface area contributed by atoms with E-state index in [2.05, 4.69) is 44.2 Å². The largest absolute Gasteiger partial charge is 0.325 e. The summed E-state index contributed by atoms with van der Waals surface area (Å²) in [5.41, 5.74) is 2.05. The molecule has 0 spiro atoms. The van der Waals surface area contributed by atoms with Gasteiger partial charge in [0.2, 0.25) is 5.91 Å². The van der Waals surface area contributed by atoms with E-state index in [9.17, 15) is 4.79 Å². The summed E-state index contributed by atoms with van der Waals surface area (Å²) < 4.78 is 1.19. The predicted molar refractivity (Wildman–Crippen MR) is 101 cm³/mol. The van der Waals surface area contributed by atoms with E-state index in [0.29, 0.717) is 12.6 Å². The van der Waals surface area contributed by atoms with Crippen LogP contribution in [-0.4, -0.2) is 43.0 Å². The number of halogens is 2. The number of aryl methyl sites for hydroxylation is 1. The molecule has 2 heterocycles. The summed E-state index contributed by atoms with van der Waals surface area (Å²) in [6.45, 7) is 5.75. The minimum absolute atomic E-state index is 0. The zero-order valence-corrected chi connectivity index (χ0v) is 15.7. The van der Waals surface area contributed by atoms with E-state index in [1.165, 1.54) is 16.4 Å². The molecule has 0 aliphatic carbocycles. The number of carbonyl (C=O) groups excluding carboxylic acids is 1. The second-order valence-electron chi connectivity index (χ2n) is 6.14. The first kappa shape index (κ1) is 18.0. The second kappa shape index (κ2) is 7.95. The van der Waals surface area contributed by atoms with Gasteiger partial charge in [-0.15, -0.1) is 12.4 Å². The average Bonchev–Trinajstić information content (AvgIpc) is 2.89. The Morgan fingerprint density at radius 1 is 1.45 bits per heavy atom. The number of nitrogens with one attached hydrogen (secondary N) is 2. The fourth-order valence-electron chi connectivity index (χ4n) is 3.43. The van der Waals surface area contributed by atoms with Gasteiger partial charge in [0, 0.05) is 28.4 Å². The van der Waals surface area contributed by atoms with Crippen LogP contribution >= 0.6 is 35.0 Å². The van der Waals surface area contributed by atoms with Crippen LogP contribution in [0.25, 0.3) is 0 Å². The molecular weight excluding hydrogens is 413 g/mol. The van der Waals surface area contributed by atoms with Crippen molar-refractivity contribution in [1.82, 2.24) is 10.2 Å². The van der Waals surface area contributed by atoms with E-state index in [1.54, 1.807) is 0 Å². The van der Waals surface area contributed by atoms with Crippen molar-refractivity contribution < 1.29 is 4.79 Å². The number of amides is 1. The van der Waals surface area contributed by atoms with Gasteiger partial charge in [-0.1, -0.05) is 0 Å². The summed E-state index contributed by atoms with van der Waals surface area (Å²) in [4.78, 5) is 14.5. The van der Waals surface area contributed by atoms with Crippen LogP contribution in [0.5, 0.6) is 0 Å². The molecule has 0 bridgehead atoms. The molecule has 1 amide bonds. The molecule has 22 heavy (non-hydrogen) atoms. The van der Waals surface area contributed by atoms with Crippen LogP contribution in [0.1, 0.15) is 18.4 Å². The van der Waals surface area contributed by atoms with Gasteiger partial charge in [0.25, 0.3) is 0 Å². The third-order valence-corrected chi connectivity index (χ3v) is 5.24. The maximum absolute atomic E-state index is 12.2. The van der Waals surface area contributed by atoms with Crippen molar-refractivity contribution >= 4 is 46.6 Å². The Labute approximate surface area is 152 Å². The van der Waals surface area contributed by atoms with E-state index < -0.39 is 0 Å². The van der Waals surface area contributed by atoms with E-state index in [4.69, 9.17) is 0 Å². The van der Waals surface area contributed by atoms with Crippen LogP contribution < -0.4 is 10.6 Å². The highest BCUT2D eigenvalue weighted by atomic mass is 127. The summed E-state index contributed by atoms with van der Waals surface area (Å²) in [6, 6.07) is 6.79. The van der Waals surface area contributed by atoms with Gasteiger partial charge in [-0.2, -0.15) is 0 Å². The standard InChI is InChI=1S/C16H22IN3O.ClH/c1-11-8-13(17)2-3-14(11)19-16(21)10-20-7-5-15-12(9-20)4-6-18-15;/h2-3,8,12,15,18H,4-7,9-10H2,1H3,(H,19,21);1H. The van der Waals surface area contributed by atoms with Crippen LogP contribution in [0.2, 0.25) is 0 Å². The molecule has 2 atom stereocenters. The minimum Gasteiger partial charge on any atom is -0.325 e. The molecule has 0 aromatic heterocycles. The summed E-state index contributed by atoms with van der Waals surface area (Å²) in [6.07, 6.45) is 2.42. The molecule has 4 nitrogen and oxygen atoms in total. The van der Waals surface area contributed by atoms with Crippen LogP contribution in [0, 0.1) is 16.4 Å². The van der Waals surface area contributed by atoms with E-state index in [-0.39, 0.29) is 18.3 Å². The molecule has 2 unspecified atom stereocenters. The van der Waals surface area contributed by atoms with Gasteiger partial charge in [0.1, 0.15) is 0 Å². The van der Waals surface area contributed by atoms with Crippen LogP contribution in [0.4, 0.5) is 5.69 Å². The molecule has 6 heteroatoms. The Bertz CT molecular complexity index is 540. The second-order valence-corrected chi connectivity index (χ2v) is 7.39. The number of hydrogen-bond donors (Lipinski definition) is 2. The van der Waals surface area contributed by atoms with Crippen LogP contribution in [0.3, 0.4) is 0 Å². The molecule has 1 aromatic rings. The van der Waals surface area contributed by atoms with Crippen molar-refractivity contribution in [3.8, 4) is 0 Å². The molecule has 0 saturated carbocycles. The number of piperidine rings is 1. The molecule has 0 radical (unpaired) electrons. The lowest BCUT2D eigenvalue weighted by Gasteiger charge is -2.34. The summed E-state index contributed by atoms with van der Waals surface area (Å²) in [5.74, 6) is 0.829. The van der Waals surface area contributed by atoms with Crippen molar-refractivity contribution in [2.45, 2.75) is 25.8 Å². The normalized spacial score (nSPS) is 24.5. The summed E-state index contributed by atoms with van der Waals surface area (Å²) >= 11 is 2.29. The summed E-state index contributed by atoms with van der Waals surface area (Å²) in [7, 11) is 0. The number of rotatable bonds is 3. The van der Waals surface area contributed by atoms with Gasteiger partial charge in [-0.3, -0.25) is 9.69 Å². The highest BCUT2D eigenvalue weighted by Gasteiger charge is 2.32. The number of fused-ring (bicyclic) bond motifs is 1. The maximum Gasteiger partial charge on any atom is 0.238 e. The molecule has 2 fully saturated rings. The van der Waals surface area contributed by atoms with Crippen molar-refractivity contribution in [3.05, 3.63) is 27.3 Å². The van der Waals surface area contributed by atoms with Gasteiger partial charge in [-0.05, 0) is 78.6 Å². The molecule has 2 aliphatic heterocycles. The monoisotopic (exact) mass is 435 g/mol. The zero-order chi connectivity index (χ0) is 14.8. The SMILES string of the molecule is Cc1cc(I)ccc1NC(=O)CN1CCC2NCCC2C1.Cl. The molecule has 2 saturated heterocycles. The Hall–Kier alpha value is -0.370. The highest BCUT2D eigenvalue weighted by Crippen LogP contribution is 2.24. The Balaban J connectivity index is 0.00000176. The van der Waals surface area contributed by atoms with E-state index in [1.807, 2.05) is 19.1 Å². The van der Waals surface area contributed by atoms with Crippen molar-refractivity contribution in [1.29, 1.82) is 0 Å². The fraction of sp³-hybridized carbons (Fsp3) is 0.562. The summed E-state index contributed by atoms with van der Waals surface area (Å²) in [5, 5.41) is 6.60. The van der Waals surface area contributed by atoms with Gasteiger partial charge in [-0.25, -0.2) is 0 Å². The molecule has 2 N–H and O–H groups in total. The number of hydrogen-bond acceptors (Lipinski definition) is 3. The van der Waals surface area contributed by atoms with Gasteiger partial charge in [0.05, 0.1) is 6.54 Å². The topological polar surface area (TPSA) is 44.4 Å². The molecule has 2 aliphatic rings. The first-order valence-electron chi connectivity index (χ1n) is 7.63. The lowest BCUT2D eigenvalue weighted by atomic mass is 9.93. The fourth-order valence-corrected chi connectivity index (χ4v) is 4.07. The molecule has 1 aromatic carbocycles. The Morgan fingerprint density at radius 2 is 2.27 bits per heavy atom. The highest BCUT2D eigenvalue weighted by molar-refractivity contribution is 14.1. The number of carbonyl (C=O) groups is 1. The lowest BCUT2D eigenvalue weighted by molar-refractivity contribution is -0.117.